The van der Waals surface area contributed by atoms with Gasteiger partial charge in [-0.3, -0.25) is 0 Å². The fraction of sp³-hybridized carbons (Fsp3) is 0.526. The summed E-state index contributed by atoms with van der Waals surface area (Å²) in [5.74, 6) is -0.180. The Morgan fingerprint density at radius 2 is 2.09 bits per heavy atom. The third-order valence-corrected chi connectivity index (χ3v) is 4.68. The molecule has 0 radical (unpaired) electrons. The quantitative estimate of drug-likeness (QED) is 0.703. The zero-order chi connectivity index (χ0) is 17.2. The Labute approximate surface area is 144 Å². The number of hydrogen-bond donors (Lipinski definition) is 0. The van der Waals surface area contributed by atoms with E-state index in [0.717, 1.165) is 30.5 Å². The lowest BCUT2D eigenvalue weighted by molar-refractivity contribution is -0.142. The minimum Gasteiger partial charge on any atom is -0.467 e. The Kier molecular flexibility index (Phi) is 5.41. The average Bonchev–Trinajstić information content (AvgIpc) is 2.49. The van der Waals surface area contributed by atoms with E-state index in [4.69, 9.17) is 16.3 Å². The molecule has 0 amide bonds. The number of carbonyl (C=O) groups excluding carboxylic acids is 1. The summed E-state index contributed by atoms with van der Waals surface area (Å²) in [7, 11) is 1.46. The van der Waals surface area contributed by atoms with Crippen LogP contribution in [0.3, 0.4) is 0 Å². The van der Waals surface area contributed by atoms with E-state index in [1.165, 1.54) is 12.7 Å². The number of esters is 1. The molecule has 126 valence electrons. The van der Waals surface area contributed by atoms with Crippen molar-refractivity contribution in [3.8, 4) is 0 Å². The third-order valence-electron chi connectivity index (χ3n) is 4.45. The van der Waals surface area contributed by atoms with Crippen LogP contribution in [0.2, 0.25) is 5.02 Å². The van der Waals surface area contributed by atoms with E-state index in [0.29, 0.717) is 5.02 Å². The number of allylic oxidation sites excluding steroid dienone is 1. The SMILES string of the molecule is CCCCC(C(=O)OC)N1c2ccc(Cl)cc2C(C)=CC1(C)C. The van der Waals surface area contributed by atoms with E-state index in [1.807, 2.05) is 18.2 Å². The number of unbranched alkanes of at least 4 members (excludes halogenated alkanes) is 1. The summed E-state index contributed by atoms with van der Waals surface area (Å²) in [6, 6.07) is 5.58. The molecule has 0 N–H and O–H groups in total. The summed E-state index contributed by atoms with van der Waals surface area (Å²) in [5.41, 5.74) is 3.05. The van der Waals surface area contributed by atoms with Gasteiger partial charge in [0.15, 0.2) is 0 Å². The number of rotatable bonds is 5. The molecule has 4 heteroatoms. The van der Waals surface area contributed by atoms with Crippen molar-refractivity contribution < 1.29 is 9.53 Å². The lowest BCUT2D eigenvalue weighted by atomic mass is 9.86. The van der Waals surface area contributed by atoms with Crippen molar-refractivity contribution in [1.29, 1.82) is 0 Å². The number of benzene rings is 1. The first-order valence-electron chi connectivity index (χ1n) is 8.18. The minimum atomic E-state index is -0.292. The molecular weight excluding hydrogens is 310 g/mol. The van der Waals surface area contributed by atoms with Gasteiger partial charge in [0.2, 0.25) is 0 Å². The van der Waals surface area contributed by atoms with Crippen LogP contribution in [0.4, 0.5) is 5.69 Å². The maximum absolute atomic E-state index is 12.5. The first kappa shape index (κ1) is 17.9. The van der Waals surface area contributed by atoms with E-state index in [2.05, 4.69) is 38.7 Å². The average molecular weight is 336 g/mol. The highest BCUT2D eigenvalue weighted by Gasteiger charge is 2.39. The number of ether oxygens (including phenoxy) is 1. The summed E-state index contributed by atoms with van der Waals surface area (Å²) in [6.45, 7) is 8.49. The zero-order valence-electron chi connectivity index (χ0n) is 14.6. The second-order valence-corrected chi connectivity index (χ2v) is 7.13. The van der Waals surface area contributed by atoms with Gasteiger partial charge < -0.3 is 9.64 Å². The number of methoxy groups -OCH3 is 1. The Bertz CT molecular complexity index is 622. The highest BCUT2D eigenvalue weighted by molar-refractivity contribution is 6.30. The normalized spacial score (nSPS) is 17.3. The van der Waals surface area contributed by atoms with Crippen molar-refractivity contribution >= 4 is 28.8 Å². The van der Waals surface area contributed by atoms with Crippen molar-refractivity contribution in [2.75, 3.05) is 12.0 Å². The highest BCUT2D eigenvalue weighted by Crippen LogP contribution is 2.42. The molecule has 0 aromatic heterocycles. The number of nitrogens with zero attached hydrogens (tertiary/aromatic N) is 1. The highest BCUT2D eigenvalue weighted by atomic mass is 35.5. The molecular formula is C19H26ClNO2. The van der Waals surface area contributed by atoms with Crippen molar-refractivity contribution in [1.82, 2.24) is 0 Å². The monoisotopic (exact) mass is 335 g/mol. The topological polar surface area (TPSA) is 29.5 Å². The molecule has 0 fully saturated rings. The fourth-order valence-corrected chi connectivity index (χ4v) is 3.65. The second kappa shape index (κ2) is 6.96. The van der Waals surface area contributed by atoms with Gasteiger partial charge in [-0.15, -0.1) is 0 Å². The molecule has 1 aliphatic rings. The van der Waals surface area contributed by atoms with Gasteiger partial charge in [-0.05, 0) is 51.0 Å². The van der Waals surface area contributed by atoms with E-state index < -0.39 is 0 Å². The predicted molar refractivity (Wildman–Crippen MR) is 97.0 cm³/mol. The largest absolute Gasteiger partial charge is 0.467 e. The van der Waals surface area contributed by atoms with E-state index in [9.17, 15) is 4.79 Å². The first-order chi connectivity index (χ1) is 10.8. The molecule has 1 unspecified atom stereocenters. The predicted octanol–water partition coefficient (Wildman–Crippen LogP) is 5.07. The third kappa shape index (κ3) is 3.55. The van der Waals surface area contributed by atoms with Crippen LogP contribution < -0.4 is 4.90 Å². The van der Waals surface area contributed by atoms with Crippen molar-refractivity contribution in [2.45, 2.75) is 58.5 Å². The van der Waals surface area contributed by atoms with Crippen LogP contribution in [0.15, 0.2) is 24.3 Å². The number of fused-ring (bicyclic) bond motifs is 1. The minimum absolute atomic E-state index is 0.180. The molecule has 1 aromatic rings. The van der Waals surface area contributed by atoms with E-state index in [1.54, 1.807) is 0 Å². The molecule has 2 rings (SSSR count). The van der Waals surface area contributed by atoms with Gasteiger partial charge in [-0.1, -0.05) is 37.4 Å². The van der Waals surface area contributed by atoms with Crippen LogP contribution in [-0.2, 0) is 9.53 Å². The molecule has 0 saturated heterocycles. The standard InChI is InChI=1S/C19H26ClNO2/c1-6-7-8-17(18(22)23-5)21-16-10-9-14(20)11-15(16)13(2)12-19(21,3)4/h9-12,17H,6-8H2,1-5H3. The Morgan fingerprint density at radius 1 is 1.39 bits per heavy atom. The summed E-state index contributed by atoms with van der Waals surface area (Å²) >= 11 is 6.18. The van der Waals surface area contributed by atoms with Crippen molar-refractivity contribution in [3.05, 3.63) is 34.9 Å². The summed E-state index contributed by atoms with van der Waals surface area (Å²) in [6.07, 6.45) is 5.01. The van der Waals surface area contributed by atoms with Gasteiger partial charge in [-0.25, -0.2) is 4.79 Å². The van der Waals surface area contributed by atoms with E-state index >= 15 is 0 Å². The molecule has 1 atom stereocenters. The van der Waals surface area contributed by atoms with Crippen LogP contribution >= 0.6 is 11.6 Å². The lowest BCUT2D eigenvalue weighted by Gasteiger charge is -2.46. The summed E-state index contributed by atoms with van der Waals surface area (Å²) < 4.78 is 5.09. The second-order valence-electron chi connectivity index (χ2n) is 6.69. The molecule has 1 heterocycles. The fourth-order valence-electron chi connectivity index (χ4n) is 3.48. The maximum atomic E-state index is 12.5. The number of hydrogen-bond acceptors (Lipinski definition) is 3. The van der Waals surface area contributed by atoms with Gasteiger partial charge in [0.05, 0.1) is 12.6 Å². The molecule has 3 nitrogen and oxygen atoms in total. The Morgan fingerprint density at radius 3 is 2.70 bits per heavy atom. The van der Waals surface area contributed by atoms with Crippen molar-refractivity contribution in [2.24, 2.45) is 0 Å². The van der Waals surface area contributed by atoms with Gasteiger partial charge in [0, 0.05) is 16.3 Å². The Balaban J connectivity index is 2.55. The molecule has 1 aromatic carbocycles. The van der Waals surface area contributed by atoms with Crippen LogP contribution in [0.1, 0.15) is 52.5 Å². The maximum Gasteiger partial charge on any atom is 0.328 e. The molecule has 0 spiro atoms. The number of anilines is 1. The van der Waals surface area contributed by atoms with Gasteiger partial charge >= 0.3 is 5.97 Å². The molecule has 0 bridgehead atoms. The smallest absolute Gasteiger partial charge is 0.328 e. The molecule has 0 aliphatic carbocycles. The van der Waals surface area contributed by atoms with Crippen LogP contribution in [0.5, 0.6) is 0 Å². The van der Waals surface area contributed by atoms with Gasteiger partial charge in [0.1, 0.15) is 6.04 Å². The van der Waals surface area contributed by atoms with Crippen LogP contribution in [-0.4, -0.2) is 24.7 Å². The number of carbonyl (C=O) groups is 1. The zero-order valence-corrected chi connectivity index (χ0v) is 15.4. The first-order valence-corrected chi connectivity index (χ1v) is 8.56. The van der Waals surface area contributed by atoms with Gasteiger partial charge in [-0.2, -0.15) is 0 Å². The lowest BCUT2D eigenvalue weighted by Crippen LogP contribution is -2.54. The molecule has 23 heavy (non-hydrogen) atoms. The summed E-state index contributed by atoms with van der Waals surface area (Å²) in [4.78, 5) is 14.6. The van der Waals surface area contributed by atoms with Crippen molar-refractivity contribution in [3.63, 3.8) is 0 Å². The van der Waals surface area contributed by atoms with Crippen LogP contribution in [0.25, 0.3) is 5.57 Å². The van der Waals surface area contributed by atoms with Crippen LogP contribution in [0, 0.1) is 0 Å². The molecule has 1 aliphatic heterocycles. The van der Waals surface area contributed by atoms with Gasteiger partial charge in [0.25, 0.3) is 0 Å². The summed E-state index contributed by atoms with van der Waals surface area (Å²) in [5, 5.41) is 0.708. The Hall–Kier alpha value is -1.48. The molecule has 0 saturated carbocycles. The van der Waals surface area contributed by atoms with E-state index in [-0.39, 0.29) is 17.6 Å². The number of halogens is 1.